The topological polar surface area (TPSA) is 26.3 Å². The Morgan fingerprint density at radius 1 is 1.14 bits per heavy atom. The third-order valence-corrected chi connectivity index (χ3v) is 3.06. The van der Waals surface area contributed by atoms with Gasteiger partial charge in [-0.05, 0) is 54.4 Å². The van der Waals surface area contributed by atoms with Crippen molar-refractivity contribution >= 4 is 5.78 Å². The molecular weight excluding hydrogens is 281 g/mol. The number of ether oxygens (including phenoxy) is 1. The lowest BCUT2D eigenvalue weighted by atomic mass is 9.99. The maximum absolute atomic E-state index is 13.2. The maximum atomic E-state index is 13.2. The minimum Gasteiger partial charge on any atom is -0.435 e. The van der Waals surface area contributed by atoms with E-state index in [2.05, 4.69) is 4.74 Å². The standard InChI is InChI=1S/C16H13F3O2/c1-10-2-5-13(17)8-12(10)9-15(20)11-3-6-14(7-4-11)21-16(18)19/h2-8,16H,9H2,1H3. The summed E-state index contributed by atoms with van der Waals surface area (Å²) in [4.78, 5) is 12.1. The Bertz CT molecular complexity index is 636. The summed E-state index contributed by atoms with van der Waals surface area (Å²) in [5, 5.41) is 0. The summed E-state index contributed by atoms with van der Waals surface area (Å²) in [6.45, 7) is -1.11. The molecule has 0 aliphatic carbocycles. The average Bonchev–Trinajstić information content (AvgIpc) is 2.43. The number of ketones is 1. The fraction of sp³-hybridized carbons (Fsp3) is 0.188. The van der Waals surface area contributed by atoms with Crippen molar-refractivity contribution in [2.45, 2.75) is 20.0 Å². The first-order valence-electron chi connectivity index (χ1n) is 6.29. The Morgan fingerprint density at radius 3 is 2.43 bits per heavy atom. The second-order valence-corrected chi connectivity index (χ2v) is 4.57. The normalized spacial score (nSPS) is 10.7. The minimum atomic E-state index is -2.90. The van der Waals surface area contributed by atoms with E-state index in [4.69, 9.17) is 0 Å². The van der Waals surface area contributed by atoms with Crippen molar-refractivity contribution in [2.75, 3.05) is 0 Å². The zero-order chi connectivity index (χ0) is 15.4. The predicted molar refractivity (Wildman–Crippen MR) is 72.2 cm³/mol. The molecule has 0 aromatic heterocycles. The summed E-state index contributed by atoms with van der Waals surface area (Å²) >= 11 is 0. The van der Waals surface area contributed by atoms with E-state index in [1.165, 1.54) is 36.4 Å². The lowest BCUT2D eigenvalue weighted by molar-refractivity contribution is -0.0498. The van der Waals surface area contributed by atoms with Gasteiger partial charge in [-0.25, -0.2) is 4.39 Å². The fourth-order valence-electron chi connectivity index (χ4n) is 1.93. The third-order valence-electron chi connectivity index (χ3n) is 3.06. The van der Waals surface area contributed by atoms with Crippen LogP contribution in [0.1, 0.15) is 21.5 Å². The van der Waals surface area contributed by atoms with E-state index >= 15 is 0 Å². The fourth-order valence-corrected chi connectivity index (χ4v) is 1.93. The molecule has 0 bridgehead atoms. The Labute approximate surface area is 120 Å². The molecule has 0 spiro atoms. The average molecular weight is 294 g/mol. The molecule has 5 heteroatoms. The molecule has 0 aliphatic rings. The van der Waals surface area contributed by atoms with Crippen molar-refractivity contribution < 1.29 is 22.7 Å². The number of benzene rings is 2. The van der Waals surface area contributed by atoms with E-state index < -0.39 is 12.4 Å². The number of Topliss-reactive ketones (excluding diaryl/α,β-unsaturated/α-hetero) is 1. The van der Waals surface area contributed by atoms with E-state index in [9.17, 15) is 18.0 Å². The highest BCUT2D eigenvalue weighted by atomic mass is 19.3. The molecule has 0 amide bonds. The molecule has 110 valence electrons. The van der Waals surface area contributed by atoms with Gasteiger partial charge in [-0.1, -0.05) is 6.07 Å². The van der Waals surface area contributed by atoms with Gasteiger partial charge in [0.25, 0.3) is 0 Å². The van der Waals surface area contributed by atoms with Gasteiger partial charge in [0.05, 0.1) is 0 Å². The van der Waals surface area contributed by atoms with E-state index in [1.54, 1.807) is 13.0 Å². The highest BCUT2D eigenvalue weighted by molar-refractivity contribution is 5.97. The number of halogens is 3. The first-order chi connectivity index (χ1) is 9.95. The molecule has 2 aromatic rings. The molecule has 21 heavy (non-hydrogen) atoms. The number of hydrogen-bond acceptors (Lipinski definition) is 2. The number of aryl methyl sites for hydroxylation is 1. The lowest BCUT2D eigenvalue weighted by Crippen LogP contribution is -2.06. The molecule has 2 aromatic carbocycles. The quantitative estimate of drug-likeness (QED) is 0.774. The number of rotatable bonds is 5. The van der Waals surface area contributed by atoms with Crippen molar-refractivity contribution in [2.24, 2.45) is 0 Å². The van der Waals surface area contributed by atoms with Gasteiger partial charge in [0.2, 0.25) is 0 Å². The molecule has 0 heterocycles. The van der Waals surface area contributed by atoms with Gasteiger partial charge in [0.15, 0.2) is 5.78 Å². The SMILES string of the molecule is Cc1ccc(F)cc1CC(=O)c1ccc(OC(F)F)cc1. The maximum Gasteiger partial charge on any atom is 0.387 e. The molecule has 0 aliphatic heterocycles. The lowest BCUT2D eigenvalue weighted by Gasteiger charge is -2.07. The van der Waals surface area contributed by atoms with Crippen LogP contribution < -0.4 is 4.74 Å². The van der Waals surface area contributed by atoms with Crippen LogP contribution in [0.5, 0.6) is 5.75 Å². The van der Waals surface area contributed by atoms with Gasteiger partial charge in [0.1, 0.15) is 11.6 Å². The van der Waals surface area contributed by atoms with Crippen molar-refractivity contribution in [3.05, 3.63) is 65.0 Å². The summed E-state index contributed by atoms with van der Waals surface area (Å²) in [5.41, 5.74) is 1.79. The van der Waals surface area contributed by atoms with Crippen molar-refractivity contribution in [3.63, 3.8) is 0 Å². The van der Waals surface area contributed by atoms with Gasteiger partial charge in [-0.3, -0.25) is 4.79 Å². The van der Waals surface area contributed by atoms with Crippen LogP contribution in [0.2, 0.25) is 0 Å². The van der Waals surface area contributed by atoms with Gasteiger partial charge in [0, 0.05) is 12.0 Å². The van der Waals surface area contributed by atoms with E-state index in [-0.39, 0.29) is 18.0 Å². The zero-order valence-electron chi connectivity index (χ0n) is 11.3. The van der Waals surface area contributed by atoms with Crippen LogP contribution in [0.3, 0.4) is 0 Å². The predicted octanol–water partition coefficient (Wildman–Crippen LogP) is 4.16. The minimum absolute atomic E-state index is 0.0107. The number of carbonyl (C=O) groups excluding carboxylic acids is 1. The third kappa shape index (κ3) is 4.08. The van der Waals surface area contributed by atoms with Crippen molar-refractivity contribution in [1.29, 1.82) is 0 Å². The van der Waals surface area contributed by atoms with Crippen LogP contribution in [0.25, 0.3) is 0 Å². The Balaban J connectivity index is 2.11. The first kappa shape index (κ1) is 15.1. The molecule has 0 saturated carbocycles. The summed E-state index contributed by atoms with van der Waals surface area (Å²) in [6.07, 6.45) is 0.0542. The van der Waals surface area contributed by atoms with Crippen LogP contribution in [0, 0.1) is 12.7 Å². The molecular formula is C16H13F3O2. The highest BCUT2D eigenvalue weighted by Crippen LogP contribution is 2.18. The van der Waals surface area contributed by atoms with E-state index in [0.29, 0.717) is 11.1 Å². The Hall–Kier alpha value is -2.30. The zero-order valence-corrected chi connectivity index (χ0v) is 11.3. The van der Waals surface area contributed by atoms with Gasteiger partial charge < -0.3 is 4.74 Å². The molecule has 0 radical (unpaired) electrons. The van der Waals surface area contributed by atoms with Gasteiger partial charge in [-0.15, -0.1) is 0 Å². The Kier molecular flexibility index (Phi) is 4.62. The second kappa shape index (κ2) is 6.43. The first-order valence-corrected chi connectivity index (χ1v) is 6.29. The molecule has 0 unspecified atom stereocenters. The molecule has 0 atom stereocenters. The van der Waals surface area contributed by atoms with Crippen LogP contribution in [0.15, 0.2) is 42.5 Å². The summed E-state index contributed by atoms with van der Waals surface area (Å²) in [6, 6.07) is 9.69. The monoisotopic (exact) mass is 294 g/mol. The smallest absolute Gasteiger partial charge is 0.387 e. The second-order valence-electron chi connectivity index (χ2n) is 4.57. The number of alkyl halides is 2. The number of carbonyl (C=O) groups is 1. The molecule has 0 fully saturated rings. The Morgan fingerprint density at radius 2 is 1.81 bits per heavy atom. The van der Waals surface area contributed by atoms with E-state index in [0.717, 1.165) is 5.56 Å². The van der Waals surface area contributed by atoms with Crippen LogP contribution in [-0.4, -0.2) is 12.4 Å². The molecule has 0 N–H and O–H groups in total. The van der Waals surface area contributed by atoms with Crippen molar-refractivity contribution in [3.8, 4) is 5.75 Å². The number of hydrogen-bond donors (Lipinski definition) is 0. The van der Waals surface area contributed by atoms with Crippen LogP contribution in [0.4, 0.5) is 13.2 Å². The van der Waals surface area contributed by atoms with Crippen molar-refractivity contribution in [1.82, 2.24) is 0 Å². The largest absolute Gasteiger partial charge is 0.435 e. The highest BCUT2D eigenvalue weighted by Gasteiger charge is 2.11. The summed E-state index contributed by atoms with van der Waals surface area (Å²) < 4.78 is 41.4. The van der Waals surface area contributed by atoms with Crippen LogP contribution in [-0.2, 0) is 6.42 Å². The molecule has 2 rings (SSSR count). The van der Waals surface area contributed by atoms with Crippen LogP contribution >= 0.6 is 0 Å². The molecule has 2 nitrogen and oxygen atoms in total. The van der Waals surface area contributed by atoms with E-state index in [1.807, 2.05) is 0 Å². The van der Waals surface area contributed by atoms with Gasteiger partial charge >= 0.3 is 6.61 Å². The summed E-state index contributed by atoms with van der Waals surface area (Å²) in [5.74, 6) is -0.625. The van der Waals surface area contributed by atoms with Gasteiger partial charge in [-0.2, -0.15) is 8.78 Å². The summed E-state index contributed by atoms with van der Waals surface area (Å²) in [7, 11) is 0. The molecule has 0 saturated heterocycles.